The molecule has 0 unspecified atom stereocenters. The Bertz CT molecular complexity index is 640. The normalized spacial score (nSPS) is 10.5. The minimum absolute atomic E-state index is 0.00775. The van der Waals surface area contributed by atoms with Gasteiger partial charge in [0.1, 0.15) is 18.1 Å². The summed E-state index contributed by atoms with van der Waals surface area (Å²) in [6.45, 7) is 2.95. The largest absolute Gasteiger partial charge is 0.497 e. The van der Waals surface area contributed by atoms with Gasteiger partial charge in [0.15, 0.2) is 5.82 Å². The van der Waals surface area contributed by atoms with E-state index in [9.17, 15) is 4.79 Å². The number of ether oxygens (including phenoxy) is 2. The second-order valence-corrected chi connectivity index (χ2v) is 5.58. The van der Waals surface area contributed by atoms with Crippen LogP contribution in [0.2, 0.25) is 0 Å². The number of carbonyl (C=O) groups is 1. The number of hydrogen-bond donors (Lipinski definition) is 1. The standard InChI is InChI=1S/C18H25N3O4/c1-3-5-16-20-18(25-21-16)7-4-6-17(22)19-12-13-24-15-10-8-14(23-2)9-11-15/h8-11H,3-7,12-13H2,1-2H3,(H,19,22). The SMILES string of the molecule is CCCc1noc(CCCC(=O)NCCOc2ccc(OC)cc2)n1. The Kier molecular flexibility index (Phi) is 7.75. The number of carbonyl (C=O) groups excluding carboxylic acids is 1. The minimum atomic E-state index is -0.00775. The number of benzene rings is 1. The van der Waals surface area contributed by atoms with Crippen LogP contribution in [0.1, 0.15) is 37.9 Å². The molecule has 0 spiro atoms. The average molecular weight is 347 g/mol. The first-order chi connectivity index (χ1) is 12.2. The summed E-state index contributed by atoms with van der Waals surface area (Å²) in [4.78, 5) is 16.1. The third-order valence-corrected chi connectivity index (χ3v) is 3.53. The number of nitrogens with zero attached hydrogens (tertiary/aromatic N) is 2. The van der Waals surface area contributed by atoms with Crippen molar-refractivity contribution in [3.8, 4) is 11.5 Å². The summed E-state index contributed by atoms with van der Waals surface area (Å²) in [5.74, 6) is 2.85. The molecule has 0 aliphatic rings. The highest BCUT2D eigenvalue weighted by molar-refractivity contribution is 5.75. The molecular weight excluding hydrogens is 322 g/mol. The van der Waals surface area contributed by atoms with E-state index in [-0.39, 0.29) is 5.91 Å². The third kappa shape index (κ3) is 6.82. The number of aromatic nitrogens is 2. The summed E-state index contributed by atoms with van der Waals surface area (Å²) in [5, 5.41) is 6.72. The Labute approximate surface area is 147 Å². The van der Waals surface area contributed by atoms with Crippen molar-refractivity contribution in [1.82, 2.24) is 15.5 Å². The monoisotopic (exact) mass is 347 g/mol. The fourth-order valence-corrected chi connectivity index (χ4v) is 2.24. The van der Waals surface area contributed by atoms with E-state index in [1.54, 1.807) is 7.11 Å². The molecule has 0 saturated heterocycles. The average Bonchev–Trinajstić information content (AvgIpc) is 3.07. The fourth-order valence-electron chi connectivity index (χ4n) is 2.24. The molecule has 1 heterocycles. The minimum Gasteiger partial charge on any atom is -0.497 e. The number of methoxy groups -OCH3 is 1. The molecule has 7 nitrogen and oxygen atoms in total. The van der Waals surface area contributed by atoms with Gasteiger partial charge in [0.25, 0.3) is 0 Å². The Morgan fingerprint density at radius 2 is 1.96 bits per heavy atom. The molecule has 2 rings (SSSR count). The smallest absolute Gasteiger partial charge is 0.226 e. The second-order valence-electron chi connectivity index (χ2n) is 5.58. The Balaban J connectivity index is 1.55. The number of hydrogen-bond acceptors (Lipinski definition) is 6. The van der Waals surface area contributed by atoms with Gasteiger partial charge in [-0.05, 0) is 37.1 Å². The first kappa shape index (κ1) is 18.8. The van der Waals surface area contributed by atoms with Crippen molar-refractivity contribution in [2.75, 3.05) is 20.3 Å². The van der Waals surface area contributed by atoms with Gasteiger partial charge in [-0.2, -0.15) is 4.98 Å². The van der Waals surface area contributed by atoms with Crippen LogP contribution in [0.5, 0.6) is 11.5 Å². The summed E-state index contributed by atoms with van der Waals surface area (Å²) in [5.41, 5.74) is 0. The van der Waals surface area contributed by atoms with Crippen LogP contribution in [0, 0.1) is 0 Å². The van der Waals surface area contributed by atoms with Gasteiger partial charge < -0.3 is 19.3 Å². The molecule has 1 N–H and O–H groups in total. The van der Waals surface area contributed by atoms with Crippen LogP contribution >= 0.6 is 0 Å². The van der Waals surface area contributed by atoms with Crippen LogP contribution in [0.4, 0.5) is 0 Å². The van der Waals surface area contributed by atoms with Gasteiger partial charge in [-0.25, -0.2) is 0 Å². The molecule has 1 amide bonds. The van der Waals surface area contributed by atoms with Gasteiger partial charge in [-0.15, -0.1) is 0 Å². The van der Waals surface area contributed by atoms with Crippen LogP contribution in [-0.4, -0.2) is 36.3 Å². The van der Waals surface area contributed by atoms with E-state index >= 15 is 0 Å². The van der Waals surface area contributed by atoms with Gasteiger partial charge >= 0.3 is 0 Å². The van der Waals surface area contributed by atoms with E-state index in [2.05, 4.69) is 22.4 Å². The lowest BCUT2D eigenvalue weighted by molar-refractivity contribution is -0.121. The van der Waals surface area contributed by atoms with Gasteiger partial charge in [0.2, 0.25) is 11.8 Å². The predicted molar refractivity (Wildman–Crippen MR) is 92.7 cm³/mol. The van der Waals surface area contributed by atoms with E-state index in [0.29, 0.717) is 38.3 Å². The zero-order chi connectivity index (χ0) is 17.9. The fraction of sp³-hybridized carbons (Fsp3) is 0.500. The predicted octanol–water partition coefficient (Wildman–Crippen LogP) is 2.55. The molecule has 7 heteroatoms. The van der Waals surface area contributed by atoms with E-state index in [1.807, 2.05) is 24.3 Å². The molecule has 0 atom stereocenters. The van der Waals surface area contributed by atoms with Crippen molar-refractivity contribution in [3.05, 3.63) is 36.0 Å². The van der Waals surface area contributed by atoms with Crippen molar-refractivity contribution in [2.24, 2.45) is 0 Å². The number of nitrogens with one attached hydrogen (secondary N) is 1. The summed E-state index contributed by atoms with van der Waals surface area (Å²) in [7, 11) is 1.62. The quantitative estimate of drug-likeness (QED) is 0.629. The van der Waals surface area contributed by atoms with Crippen molar-refractivity contribution in [1.29, 1.82) is 0 Å². The summed E-state index contributed by atoms with van der Waals surface area (Å²) < 4.78 is 15.8. The summed E-state index contributed by atoms with van der Waals surface area (Å²) in [6, 6.07) is 7.32. The maximum Gasteiger partial charge on any atom is 0.226 e. The maximum absolute atomic E-state index is 11.8. The first-order valence-electron chi connectivity index (χ1n) is 8.56. The van der Waals surface area contributed by atoms with E-state index in [1.165, 1.54) is 0 Å². The molecule has 0 aliphatic heterocycles. The molecule has 25 heavy (non-hydrogen) atoms. The molecule has 0 radical (unpaired) electrons. The van der Waals surface area contributed by atoms with Crippen molar-refractivity contribution < 1.29 is 18.8 Å². The lowest BCUT2D eigenvalue weighted by atomic mass is 10.2. The summed E-state index contributed by atoms with van der Waals surface area (Å²) >= 11 is 0. The van der Waals surface area contributed by atoms with Crippen LogP contribution in [0.25, 0.3) is 0 Å². The number of amides is 1. The topological polar surface area (TPSA) is 86.5 Å². The lowest BCUT2D eigenvalue weighted by Gasteiger charge is -2.08. The number of aryl methyl sites for hydroxylation is 2. The second kappa shape index (κ2) is 10.3. The highest BCUT2D eigenvalue weighted by Gasteiger charge is 2.07. The molecule has 1 aromatic carbocycles. The van der Waals surface area contributed by atoms with Crippen molar-refractivity contribution in [3.63, 3.8) is 0 Å². The van der Waals surface area contributed by atoms with Crippen LogP contribution in [-0.2, 0) is 17.6 Å². The Morgan fingerprint density at radius 1 is 1.20 bits per heavy atom. The Hall–Kier alpha value is -2.57. The zero-order valence-electron chi connectivity index (χ0n) is 14.8. The molecule has 0 saturated carbocycles. The van der Waals surface area contributed by atoms with Crippen molar-refractivity contribution in [2.45, 2.75) is 39.0 Å². The highest BCUT2D eigenvalue weighted by Crippen LogP contribution is 2.16. The van der Waals surface area contributed by atoms with E-state index in [4.69, 9.17) is 14.0 Å². The Morgan fingerprint density at radius 3 is 2.68 bits per heavy atom. The van der Waals surface area contributed by atoms with Crippen LogP contribution in [0.15, 0.2) is 28.8 Å². The van der Waals surface area contributed by atoms with Crippen LogP contribution < -0.4 is 14.8 Å². The highest BCUT2D eigenvalue weighted by atomic mass is 16.5. The molecule has 1 aromatic heterocycles. The molecule has 0 aliphatic carbocycles. The molecule has 0 fully saturated rings. The third-order valence-electron chi connectivity index (χ3n) is 3.53. The van der Waals surface area contributed by atoms with Gasteiger partial charge in [0, 0.05) is 19.3 Å². The zero-order valence-corrected chi connectivity index (χ0v) is 14.8. The van der Waals surface area contributed by atoms with Crippen molar-refractivity contribution >= 4 is 5.91 Å². The lowest BCUT2D eigenvalue weighted by Crippen LogP contribution is -2.27. The molecule has 136 valence electrons. The molecule has 2 aromatic rings. The molecule has 0 bridgehead atoms. The summed E-state index contributed by atoms with van der Waals surface area (Å²) in [6.07, 6.45) is 3.53. The molecular formula is C18H25N3O4. The van der Waals surface area contributed by atoms with E-state index < -0.39 is 0 Å². The van der Waals surface area contributed by atoms with Crippen LogP contribution in [0.3, 0.4) is 0 Å². The van der Waals surface area contributed by atoms with Gasteiger partial charge in [-0.1, -0.05) is 12.1 Å². The van der Waals surface area contributed by atoms with Gasteiger partial charge in [0.05, 0.1) is 13.7 Å². The number of rotatable bonds is 11. The first-order valence-corrected chi connectivity index (χ1v) is 8.56. The van der Waals surface area contributed by atoms with Gasteiger partial charge in [-0.3, -0.25) is 4.79 Å². The van der Waals surface area contributed by atoms with E-state index in [0.717, 1.165) is 30.2 Å². The maximum atomic E-state index is 11.8.